The van der Waals surface area contributed by atoms with E-state index in [1.165, 1.54) is 0 Å². The van der Waals surface area contributed by atoms with E-state index in [2.05, 4.69) is 18.7 Å². The van der Waals surface area contributed by atoms with Crippen molar-refractivity contribution in [2.75, 3.05) is 39.8 Å². The molecule has 4 nitrogen and oxygen atoms in total. The third kappa shape index (κ3) is 6.32. The number of methoxy groups -OCH3 is 1. The molecule has 0 aromatic carbocycles. The van der Waals surface area contributed by atoms with Gasteiger partial charge in [0.25, 0.3) is 0 Å². The largest absolute Gasteiger partial charge is 0.379 e. The number of hydrogen-bond acceptors (Lipinski definition) is 4. The lowest BCUT2D eigenvalue weighted by Crippen LogP contribution is -2.38. The molecular formula is C10H25N3O. The second-order valence-electron chi connectivity index (χ2n) is 4.13. The molecule has 0 radical (unpaired) electrons. The van der Waals surface area contributed by atoms with Crippen LogP contribution in [0.2, 0.25) is 0 Å². The van der Waals surface area contributed by atoms with Gasteiger partial charge >= 0.3 is 0 Å². The summed E-state index contributed by atoms with van der Waals surface area (Å²) in [5.41, 5.74) is 11.0. The highest BCUT2D eigenvalue weighted by Gasteiger charge is 2.17. The second kappa shape index (κ2) is 7.17. The summed E-state index contributed by atoms with van der Waals surface area (Å²) in [5, 5.41) is 0. The van der Waals surface area contributed by atoms with Crippen LogP contribution in [0.3, 0.4) is 0 Å². The Morgan fingerprint density at radius 3 is 1.93 bits per heavy atom. The van der Waals surface area contributed by atoms with E-state index in [4.69, 9.17) is 16.2 Å². The number of nitrogens with two attached hydrogens (primary N) is 2. The van der Waals surface area contributed by atoms with E-state index in [0.717, 1.165) is 26.1 Å². The summed E-state index contributed by atoms with van der Waals surface area (Å²) in [4.78, 5) is 2.28. The van der Waals surface area contributed by atoms with Crippen LogP contribution < -0.4 is 11.5 Å². The van der Waals surface area contributed by atoms with Gasteiger partial charge in [-0.3, -0.25) is 0 Å². The van der Waals surface area contributed by atoms with Crippen LogP contribution in [0.25, 0.3) is 0 Å². The Labute approximate surface area is 87.6 Å². The van der Waals surface area contributed by atoms with E-state index >= 15 is 0 Å². The van der Waals surface area contributed by atoms with Gasteiger partial charge in [-0.05, 0) is 20.3 Å². The Kier molecular flexibility index (Phi) is 7.09. The van der Waals surface area contributed by atoms with Crippen molar-refractivity contribution in [3.05, 3.63) is 0 Å². The maximum Gasteiger partial charge on any atom is 0.0634 e. The number of ether oxygens (including phenoxy) is 1. The predicted molar refractivity (Wildman–Crippen MR) is 60.3 cm³/mol. The van der Waals surface area contributed by atoms with E-state index in [9.17, 15) is 0 Å². The molecule has 0 aromatic heterocycles. The minimum atomic E-state index is -0.0541. The normalized spacial score (nSPS) is 12.4. The first-order valence-electron chi connectivity index (χ1n) is 5.23. The van der Waals surface area contributed by atoms with E-state index in [1.54, 1.807) is 7.11 Å². The van der Waals surface area contributed by atoms with Crippen LogP contribution in [0.1, 0.15) is 20.3 Å². The molecule has 0 bridgehead atoms. The third-order valence-corrected chi connectivity index (χ3v) is 2.47. The SMILES string of the molecule is COC(C)(C)CCN(CCN)CCN. The fourth-order valence-electron chi connectivity index (χ4n) is 1.23. The summed E-state index contributed by atoms with van der Waals surface area (Å²) in [5.74, 6) is 0. The Bertz CT molecular complexity index is 133. The lowest BCUT2D eigenvalue weighted by Gasteiger charge is -2.27. The third-order valence-electron chi connectivity index (χ3n) is 2.47. The van der Waals surface area contributed by atoms with Crippen molar-refractivity contribution in [1.82, 2.24) is 4.90 Å². The zero-order valence-corrected chi connectivity index (χ0v) is 9.75. The molecule has 0 saturated carbocycles. The maximum absolute atomic E-state index is 5.52. The molecule has 0 aromatic rings. The Morgan fingerprint density at radius 1 is 1.07 bits per heavy atom. The number of hydrogen-bond donors (Lipinski definition) is 2. The van der Waals surface area contributed by atoms with Crippen molar-refractivity contribution in [2.45, 2.75) is 25.9 Å². The van der Waals surface area contributed by atoms with Crippen molar-refractivity contribution in [1.29, 1.82) is 0 Å². The summed E-state index contributed by atoms with van der Waals surface area (Å²) < 4.78 is 5.36. The first-order valence-corrected chi connectivity index (χ1v) is 5.23. The molecule has 0 spiro atoms. The van der Waals surface area contributed by atoms with Crippen LogP contribution in [-0.2, 0) is 4.74 Å². The van der Waals surface area contributed by atoms with Crippen molar-refractivity contribution in [2.24, 2.45) is 11.5 Å². The van der Waals surface area contributed by atoms with Gasteiger partial charge in [-0.15, -0.1) is 0 Å². The van der Waals surface area contributed by atoms with Gasteiger partial charge in [-0.1, -0.05) is 0 Å². The van der Waals surface area contributed by atoms with Crippen LogP contribution >= 0.6 is 0 Å². The molecule has 0 rings (SSSR count). The van der Waals surface area contributed by atoms with Crippen LogP contribution in [0, 0.1) is 0 Å². The van der Waals surface area contributed by atoms with Gasteiger partial charge in [-0.2, -0.15) is 0 Å². The highest BCUT2D eigenvalue weighted by atomic mass is 16.5. The van der Waals surface area contributed by atoms with Crippen molar-refractivity contribution < 1.29 is 4.74 Å². The van der Waals surface area contributed by atoms with Gasteiger partial charge in [0, 0.05) is 39.8 Å². The van der Waals surface area contributed by atoms with E-state index in [0.29, 0.717) is 13.1 Å². The van der Waals surface area contributed by atoms with Crippen LogP contribution in [0.15, 0.2) is 0 Å². The molecule has 14 heavy (non-hydrogen) atoms. The molecule has 0 aliphatic heterocycles. The summed E-state index contributed by atoms with van der Waals surface area (Å²) >= 11 is 0. The fourth-order valence-corrected chi connectivity index (χ4v) is 1.23. The summed E-state index contributed by atoms with van der Waals surface area (Å²) in [6, 6.07) is 0. The number of rotatable bonds is 8. The van der Waals surface area contributed by atoms with E-state index < -0.39 is 0 Å². The fraction of sp³-hybridized carbons (Fsp3) is 1.00. The molecule has 86 valence electrons. The molecule has 0 amide bonds. The summed E-state index contributed by atoms with van der Waals surface area (Å²) in [6.45, 7) is 8.39. The quantitative estimate of drug-likeness (QED) is 0.584. The van der Waals surface area contributed by atoms with Crippen molar-refractivity contribution in [3.63, 3.8) is 0 Å². The molecular weight excluding hydrogens is 178 g/mol. The molecule has 0 heterocycles. The summed E-state index contributed by atoms with van der Waals surface area (Å²) in [6.07, 6.45) is 1.00. The topological polar surface area (TPSA) is 64.5 Å². The molecule has 0 fully saturated rings. The first-order chi connectivity index (χ1) is 6.55. The minimum absolute atomic E-state index is 0.0541. The van der Waals surface area contributed by atoms with Gasteiger partial charge in [0.15, 0.2) is 0 Å². The highest BCUT2D eigenvalue weighted by Crippen LogP contribution is 2.13. The lowest BCUT2D eigenvalue weighted by molar-refractivity contribution is 0.00782. The Hall–Kier alpha value is -0.160. The molecule has 0 atom stereocenters. The van der Waals surface area contributed by atoms with Crippen LogP contribution in [0.5, 0.6) is 0 Å². The van der Waals surface area contributed by atoms with Gasteiger partial charge in [0.05, 0.1) is 5.60 Å². The van der Waals surface area contributed by atoms with E-state index in [-0.39, 0.29) is 5.60 Å². The molecule has 4 heteroatoms. The lowest BCUT2D eigenvalue weighted by atomic mass is 10.1. The zero-order valence-electron chi connectivity index (χ0n) is 9.75. The molecule has 4 N–H and O–H groups in total. The standard InChI is InChI=1S/C10H25N3O/c1-10(2,14-3)4-7-13(8-5-11)9-6-12/h4-9,11-12H2,1-3H3. The van der Waals surface area contributed by atoms with Gasteiger partial charge in [0.2, 0.25) is 0 Å². The maximum atomic E-state index is 5.52. The minimum Gasteiger partial charge on any atom is -0.379 e. The highest BCUT2D eigenvalue weighted by molar-refractivity contribution is 4.71. The Morgan fingerprint density at radius 2 is 1.57 bits per heavy atom. The Balaban J connectivity index is 3.80. The van der Waals surface area contributed by atoms with Crippen molar-refractivity contribution >= 4 is 0 Å². The average molecular weight is 203 g/mol. The van der Waals surface area contributed by atoms with Gasteiger partial charge < -0.3 is 21.1 Å². The average Bonchev–Trinajstić information content (AvgIpc) is 2.15. The smallest absolute Gasteiger partial charge is 0.0634 e. The molecule has 0 saturated heterocycles. The van der Waals surface area contributed by atoms with Gasteiger partial charge in [-0.25, -0.2) is 0 Å². The van der Waals surface area contributed by atoms with Crippen LogP contribution in [-0.4, -0.2) is 50.3 Å². The van der Waals surface area contributed by atoms with Gasteiger partial charge in [0.1, 0.15) is 0 Å². The van der Waals surface area contributed by atoms with Crippen LogP contribution in [0.4, 0.5) is 0 Å². The molecule has 0 unspecified atom stereocenters. The molecule has 0 aliphatic carbocycles. The predicted octanol–water partition coefficient (Wildman–Crippen LogP) is 0.0209. The zero-order chi connectivity index (χ0) is 11.0. The first kappa shape index (κ1) is 13.8. The van der Waals surface area contributed by atoms with E-state index in [1.807, 2.05) is 0 Å². The summed E-state index contributed by atoms with van der Waals surface area (Å²) in [7, 11) is 1.75. The second-order valence-corrected chi connectivity index (χ2v) is 4.13. The molecule has 0 aliphatic rings. The number of nitrogens with zero attached hydrogens (tertiary/aromatic N) is 1. The monoisotopic (exact) mass is 203 g/mol. The van der Waals surface area contributed by atoms with Crippen molar-refractivity contribution in [3.8, 4) is 0 Å².